The lowest BCUT2D eigenvalue weighted by Gasteiger charge is -2.65. The molecule has 2 nitrogen and oxygen atoms in total. The fourth-order valence-electron chi connectivity index (χ4n) is 7.85. The summed E-state index contributed by atoms with van der Waals surface area (Å²) < 4.78 is 5.83. The summed E-state index contributed by atoms with van der Waals surface area (Å²) in [6.45, 7) is 7.45. The summed E-state index contributed by atoms with van der Waals surface area (Å²) >= 11 is 0. The summed E-state index contributed by atoms with van der Waals surface area (Å²) in [5, 5.41) is 0. The molecule has 1 spiro atoms. The van der Waals surface area contributed by atoms with Crippen LogP contribution in [0.25, 0.3) is 0 Å². The van der Waals surface area contributed by atoms with E-state index in [9.17, 15) is 4.79 Å². The average Bonchev–Trinajstić information content (AvgIpc) is 2.73. The van der Waals surface area contributed by atoms with Crippen molar-refractivity contribution in [2.45, 2.75) is 64.7 Å². The lowest BCUT2D eigenvalue weighted by molar-refractivity contribution is -0.231. The van der Waals surface area contributed by atoms with Gasteiger partial charge in [0.25, 0.3) is 0 Å². The van der Waals surface area contributed by atoms with Crippen LogP contribution in [0.2, 0.25) is 0 Å². The highest BCUT2D eigenvalue weighted by molar-refractivity contribution is 5.79. The Hall–Kier alpha value is -0.790. The fraction of sp³-hybridized carbons (Fsp3) is 0.850. The van der Waals surface area contributed by atoms with Crippen LogP contribution < -0.4 is 0 Å². The standard InChI is InChI=1S/C20H28O2/c1-13-10-19-9-6-15-18(2)7-3-8-20(15,17(21)22-12-18)16(19)5-4-14(13)11-19/h14-16H,1,3-12H2,2H3/t14-,15-,16-,18+,19-,20+/m1/s1. The van der Waals surface area contributed by atoms with Crippen LogP contribution in [0.3, 0.4) is 0 Å². The van der Waals surface area contributed by atoms with Gasteiger partial charge in [-0.1, -0.05) is 25.5 Å². The van der Waals surface area contributed by atoms with Crippen LogP contribution in [-0.2, 0) is 9.53 Å². The smallest absolute Gasteiger partial charge is 0.312 e. The molecule has 1 aliphatic heterocycles. The Balaban J connectivity index is 1.65. The molecular weight excluding hydrogens is 272 g/mol. The van der Waals surface area contributed by atoms with Crippen LogP contribution in [-0.4, -0.2) is 12.6 Å². The van der Waals surface area contributed by atoms with Crippen molar-refractivity contribution in [2.75, 3.05) is 6.61 Å². The maximum absolute atomic E-state index is 13.1. The van der Waals surface area contributed by atoms with E-state index in [0.717, 1.165) is 12.3 Å². The molecule has 0 aromatic heterocycles. The molecule has 6 atom stereocenters. The molecule has 22 heavy (non-hydrogen) atoms. The second-order valence-electron chi connectivity index (χ2n) is 9.44. The second kappa shape index (κ2) is 3.99. The summed E-state index contributed by atoms with van der Waals surface area (Å²) in [5.41, 5.74) is 1.99. The number of esters is 1. The Bertz CT molecular complexity index is 566. The van der Waals surface area contributed by atoms with E-state index in [1.165, 1.54) is 56.9 Å². The lowest BCUT2D eigenvalue weighted by Crippen LogP contribution is -2.65. The van der Waals surface area contributed by atoms with Crippen molar-refractivity contribution in [1.82, 2.24) is 0 Å². The molecule has 0 aromatic rings. The number of allylic oxidation sites excluding steroid dienone is 1. The first kappa shape index (κ1) is 13.6. The maximum atomic E-state index is 13.1. The average molecular weight is 300 g/mol. The number of hydrogen-bond donors (Lipinski definition) is 0. The van der Waals surface area contributed by atoms with E-state index >= 15 is 0 Å². The van der Waals surface area contributed by atoms with Crippen molar-refractivity contribution < 1.29 is 9.53 Å². The zero-order valence-corrected chi connectivity index (χ0v) is 13.8. The quantitative estimate of drug-likeness (QED) is 0.486. The largest absolute Gasteiger partial charge is 0.465 e. The molecule has 2 heteroatoms. The van der Waals surface area contributed by atoms with Gasteiger partial charge < -0.3 is 4.74 Å². The molecule has 120 valence electrons. The topological polar surface area (TPSA) is 26.3 Å². The summed E-state index contributed by atoms with van der Waals surface area (Å²) in [5.74, 6) is 2.08. The molecule has 5 fully saturated rings. The van der Waals surface area contributed by atoms with Crippen molar-refractivity contribution in [3.63, 3.8) is 0 Å². The molecule has 4 bridgehead atoms. The molecule has 4 aliphatic carbocycles. The van der Waals surface area contributed by atoms with Crippen LogP contribution in [0.15, 0.2) is 12.2 Å². The predicted octanol–water partition coefficient (Wildman–Crippen LogP) is 4.49. The summed E-state index contributed by atoms with van der Waals surface area (Å²) in [7, 11) is 0. The van der Waals surface area contributed by atoms with Crippen molar-refractivity contribution in [1.29, 1.82) is 0 Å². The van der Waals surface area contributed by atoms with Crippen LogP contribution in [0.1, 0.15) is 64.7 Å². The molecule has 0 N–H and O–H groups in total. The van der Waals surface area contributed by atoms with E-state index in [0.29, 0.717) is 23.9 Å². The van der Waals surface area contributed by atoms with Crippen LogP contribution in [0, 0.1) is 34.0 Å². The van der Waals surface area contributed by atoms with Gasteiger partial charge in [0.15, 0.2) is 0 Å². The third-order valence-corrected chi connectivity index (χ3v) is 8.62. The van der Waals surface area contributed by atoms with Gasteiger partial charge in [0, 0.05) is 5.41 Å². The molecule has 0 radical (unpaired) electrons. The SMILES string of the molecule is C=C1C[C@@]23CC[C@@H]4[C@@]5(C)CCC[C@@]4(C(=O)OC5)[C@@H]2CC[C@@H]1C3. The highest BCUT2D eigenvalue weighted by Crippen LogP contribution is 2.73. The molecule has 0 unspecified atom stereocenters. The van der Waals surface area contributed by atoms with Gasteiger partial charge in [-0.15, -0.1) is 0 Å². The van der Waals surface area contributed by atoms with Crippen molar-refractivity contribution in [2.24, 2.45) is 34.0 Å². The first-order chi connectivity index (χ1) is 10.5. The molecule has 1 saturated heterocycles. The van der Waals surface area contributed by atoms with E-state index in [2.05, 4.69) is 13.5 Å². The van der Waals surface area contributed by atoms with E-state index in [1.807, 2.05) is 0 Å². The van der Waals surface area contributed by atoms with Crippen LogP contribution >= 0.6 is 0 Å². The number of cyclic esters (lactones) is 1. The van der Waals surface area contributed by atoms with Gasteiger partial charge in [0.2, 0.25) is 0 Å². The highest BCUT2D eigenvalue weighted by Gasteiger charge is 2.70. The number of carbonyl (C=O) groups is 1. The Labute approximate surface area is 133 Å². The van der Waals surface area contributed by atoms with Crippen molar-refractivity contribution >= 4 is 5.97 Å². The minimum absolute atomic E-state index is 0.140. The summed E-state index contributed by atoms with van der Waals surface area (Å²) in [6.07, 6.45) is 11.2. The predicted molar refractivity (Wildman–Crippen MR) is 85.1 cm³/mol. The normalized spacial score (nSPS) is 56.1. The molecule has 5 aliphatic rings. The molecule has 1 heterocycles. The Kier molecular flexibility index (Phi) is 2.47. The van der Waals surface area contributed by atoms with Gasteiger partial charge >= 0.3 is 5.97 Å². The third-order valence-electron chi connectivity index (χ3n) is 8.62. The molecule has 4 saturated carbocycles. The summed E-state index contributed by atoms with van der Waals surface area (Å²) in [6, 6.07) is 0. The van der Waals surface area contributed by atoms with Gasteiger partial charge in [-0.25, -0.2) is 0 Å². The minimum atomic E-state index is -0.140. The van der Waals surface area contributed by atoms with Crippen molar-refractivity contribution in [3.05, 3.63) is 12.2 Å². The number of hydrogen-bond acceptors (Lipinski definition) is 2. The van der Waals surface area contributed by atoms with Gasteiger partial charge in [-0.05, 0) is 74.5 Å². The van der Waals surface area contributed by atoms with Gasteiger partial charge in [-0.2, -0.15) is 0 Å². The zero-order chi connectivity index (χ0) is 15.2. The first-order valence-electron chi connectivity index (χ1n) is 9.35. The van der Waals surface area contributed by atoms with Gasteiger partial charge in [0.1, 0.15) is 0 Å². The zero-order valence-electron chi connectivity index (χ0n) is 13.8. The monoisotopic (exact) mass is 300 g/mol. The first-order valence-corrected chi connectivity index (χ1v) is 9.35. The third kappa shape index (κ3) is 1.37. The molecule has 0 aromatic carbocycles. The number of carbonyl (C=O) groups excluding carboxylic acids is 1. The molecule has 0 amide bonds. The van der Waals surface area contributed by atoms with Crippen LogP contribution in [0.5, 0.6) is 0 Å². The van der Waals surface area contributed by atoms with Gasteiger partial charge in [-0.3, -0.25) is 4.79 Å². The second-order valence-corrected chi connectivity index (χ2v) is 9.44. The Morgan fingerprint density at radius 1 is 1.14 bits per heavy atom. The number of ether oxygens (including phenoxy) is 1. The van der Waals surface area contributed by atoms with E-state index in [-0.39, 0.29) is 16.8 Å². The Morgan fingerprint density at radius 2 is 2.00 bits per heavy atom. The molecular formula is C20H28O2. The minimum Gasteiger partial charge on any atom is -0.465 e. The highest BCUT2D eigenvalue weighted by atomic mass is 16.5. The Morgan fingerprint density at radius 3 is 2.86 bits per heavy atom. The number of rotatable bonds is 0. The summed E-state index contributed by atoms with van der Waals surface area (Å²) in [4.78, 5) is 13.1. The van der Waals surface area contributed by atoms with E-state index < -0.39 is 0 Å². The van der Waals surface area contributed by atoms with Gasteiger partial charge in [0.05, 0.1) is 12.0 Å². The number of fused-ring (bicyclic) bond motifs is 1. The lowest BCUT2D eigenvalue weighted by atomic mass is 9.39. The van der Waals surface area contributed by atoms with Crippen LogP contribution in [0.4, 0.5) is 0 Å². The molecule has 5 rings (SSSR count). The fourth-order valence-corrected chi connectivity index (χ4v) is 7.85. The van der Waals surface area contributed by atoms with E-state index in [1.54, 1.807) is 0 Å². The van der Waals surface area contributed by atoms with Crippen molar-refractivity contribution in [3.8, 4) is 0 Å². The maximum Gasteiger partial charge on any atom is 0.312 e. The van der Waals surface area contributed by atoms with E-state index in [4.69, 9.17) is 4.74 Å².